The van der Waals surface area contributed by atoms with Gasteiger partial charge < -0.3 is 37.5 Å². The Morgan fingerprint density at radius 1 is 0.923 bits per heavy atom. The molecule has 5 unspecified atom stereocenters. The summed E-state index contributed by atoms with van der Waals surface area (Å²) in [7, 11) is 0. The van der Waals surface area contributed by atoms with Crippen LogP contribution in [0.2, 0.25) is 0 Å². The zero-order valence-corrected chi connectivity index (χ0v) is 22.8. The van der Waals surface area contributed by atoms with Crippen LogP contribution in [0.3, 0.4) is 0 Å². The van der Waals surface area contributed by atoms with Crippen LogP contribution in [0.4, 0.5) is 0 Å². The minimum Gasteiger partial charge on any atom is -0.480 e. The number of carboxylic acid groups (broad SMARTS) is 1. The van der Waals surface area contributed by atoms with E-state index in [4.69, 9.17) is 11.5 Å². The van der Waals surface area contributed by atoms with Gasteiger partial charge in [-0.2, -0.15) is 0 Å². The number of para-hydroxylation sites is 1. The number of hydrogen-bond donors (Lipinski definition) is 7. The molecule has 2 aromatic rings. The van der Waals surface area contributed by atoms with Crippen molar-refractivity contribution in [2.45, 2.75) is 77.5 Å². The fraction of sp³-hybridized carbons (Fsp3) is 0.519. The van der Waals surface area contributed by atoms with E-state index < -0.39 is 60.2 Å². The second-order valence-corrected chi connectivity index (χ2v) is 10.3. The van der Waals surface area contributed by atoms with Crippen LogP contribution in [0.15, 0.2) is 30.5 Å². The van der Waals surface area contributed by atoms with Crippen LogP contribution < -0.4 is 27.4 Å². The molecule has 2 rings (SSSR count). The number of hydrogen-bond acceptors (Lipinski definition) is 6. The van der Waals surface area contributed by atoms with Gasteiger partial charge in [0.25, 0.3) is 0 Å². The number of aromatic amines is 1. The summed E-state index contributed by atoms with van der Waals surface area (Å²) in [5, 5.41) is 18.1. The number of aromatic nitrogens is 1. The van der Waals surface area contributed by atoms with Gasteiger partial charge in [-0.3, -0.25) is 19.2 Å². The summed E-state index contributed by atoms with van der Waals surface area (Å²) in [5.74, 6) is -4.39. The first kappa shape index (κ1) is 31.3. The predicted octanol–water partition coefficient (Wildman–Crippen LogP) is 0.544. The number of carbonyl (C=O) groups excluding carboxylic acids is 4. The van der Waals surface area contributed by atoms with E-state index >= 15 is 0 Å². The predicted molar refractivity (Wildman–Crippen MR) is 146 cm³/mol. The molecule has 0 saturated heterocycles. The number of carboxylic acids is 1. The number of aliphatic carboxylic acids is 1. The molecule has 5 atom stereocenters. The topological polar surface area (TPSA) is 209 Å². The van der Waals surface area contributed by atoms with Crippen molar-refractivity contribution < 1.29 is 29.1 Å². The number of benzene rings is 1. The first-order valence-corrected chi connectivity index (χ1v) is 13.1. The molecule has 12 heteroatoms. The highest BCUT2D eigenvalue weighted by Gasteiger charge is 2.32. The van der Waals surface area contributed by atoms with Crippen molar-refractivity contribution in [3.8, 4) is 0 Å². The first-order valence-electron chi connectivity index (χ1n) is 13.1. The maximum atomic E-state index is 13.2. The number of rotatable bonds is 15. The van der Waals surface area contributed by atoms with Gasteiger partial charge in [0.1, 0.15) is 18.1 Å². The summed E-state index contributed by atoms with van der Waals surface area (Å²) < 4.78 is 0. The summed E-state index contributed by atoms with van der Waals surface area (Å²) >= 11 is 0. The van der Waals surface area contributed by atoms with Gasteiger partial charge in [0.2, 0.25) is 23.6 Å². The Balaban J connectivity index is 2.19. The molecule has 0 aliphatic heterocycles. The Morgan fingerprint density at radius 2 is 1.51 bits per heavy atom. The average molecular weight is 545 g/mol. The van der Waals surface area contributed by atoms with E-state index in [1.54, 1.807) is 6.20 Å². The van der Waals surface area contributed by atoms with Gasteiger partial charge in [-0.05, 0) is 29.9 Å². The SMILES string of the molecule is CCC(C)C(N)C(=O)NC(CC(C)C)C(=O)NC(CC(N)=O)C(=O)NC(Cc1c[nH]c2ccccc12)C(=O)O. The van der Waals surface area contributed by atoms with Crippen molar-refractivity contribution in [3.63, 3.8) is 0 Å². The molecule has 0 aliphatic carbocycles. The minimum atomic E-state index is -1.45. The molecule has 39 heavy (non-hydrogen) atoms. The van der Waals surface area contributed by atoms with E-state index in [1.165, 1.54) is 0 Å². The Kier molecular flexibility index (Phi) is 11.5. The van der Waals surface area contributed by atoms with E-state index in [0.29, 0.717) is 12.0 Å². The summed E-state index contributed by atoms with van der Waals surface area (Å²) in [4.78, 5) is 65.7. The quantitative estimate of drug-likeness (QED) is 0.169. The second kappa shape index (κ2) is 14.3. The Morgan fingerprint density at radius 3 is 2.10 bits per heavy atom. The van der Waals surface area contributed by atoms with Crippen LogP contribution in [0.1, 0.15) is 52.5 Å². The summed E-state index contributed by atoms with van der Waals surface area (Å²) in [6, 6.07) is 2.67. The van der Waals surface area contributed by atoms with Crippen molar-refractivity contribution in [1.82, 2.24) is 20.9 Å². The molecule has 12 nitrogen and oxygen atoms in total. The molecule has 1 heterocycles. The Labute approximate surface area is 227 Å². The van der Waals surface area contributed by atoms with Crippen LogP contribution in [0.25, 0.3) is 10.9 Å². The summed E-state index contributed by atoms with van der Waals surface area (Å²) in [6.45, 7) is 7.43. The molecule has 0 radical (unpaired) electrons. The number of nitrogens with one attached hydrogen (secondary N) is 4. The highest BCUT2D eigenvalue weighted by atomic mass is 16.4. The number of primary amides is 1. The van der Waals surface area contributed by atoms with Crippen LogP contribution in [0.5, 0.6) is 0 Å². The third-order valence-corrected chi connectivity index (χ3v) is 6.65. The number of carbonyl (C=O) groups is 5. The van der Waals surface area contributed by atoms with Gasteiger partial charge in [-0.25, -0.2) is 4.79 Å². The van der Waals surface area contributed by atoms with Crippen molar-refractivity contribution >= 4 is 40.5 Å². The third-order valence-electron chi connectivity index (χ3n) is 6.65. The molecule has 0 aliphatic rings. The lowest BCUT2D eigenvalue weighted by molar-refractivity contribution is -0.142. The van der Waals surface area contributed by atoms with Gasteiger partial charge in [0.05, 0.1) is 12.5 Å². The molecule has 0 saturated carbocycles. The van der Waals surface area contributed by atoms with E-state index in [9.17, 15) is 29.1 Å². The molecular formula is C27H40N6O6. The highest BCUT2D eigenvalue weighted by molar-refractivity contribution is 5.96. The van der Waals surface area contributed by atoms with Crippen LogP contribution in [-0.2, 0) is 30.4 Å². The third kappa shape index (κ3) is 9.10. The van der Waals surface area contributed by atoms with Gasteiger partial charge in [-0.1, -0.05) is 52.3 Å². The van der Waals surface area contributed by atoms with E-state index in [-0.39, 0.29) is 24.7 Å². The highest BCUT2D eigenvalue weighted by Crippen LogP contribution is 2.19. The monoisotopic (exact) mass is 544 g/mol. The maximum Gasteiger partial charge on any atom is 0.326 e. The van der Waals surface area contributed by atoms with Crippen molar-refractivity contribution in [2.24, 2.45) is 23.3 Å². The van der Waals surface area contributed by atoms with Crippen molar-refractivity contribution in [3.05, 3.63) is 36.0 Å². The van der Waals surface area contributed by atoms with Gasteiger partial charge in [0.15, 0.2) is 0 Å². The summed E-state index contributed by atoms with van der Waals surface area (Å²) in [6.07, 6.45) is 1.97. The molecule has 4 amide bonds. The minimum absolute atomic E-state index is 0.00291. The molecule has 0 fully saturated rings. The van der Waals surface area contributed by atoms with E-state index in [2.05, 4.69) is 20.9 Å². The smallest absolute Gasteiger partial charge is 0.326 e. The number of nitrogens with two attached hydrogens (primary N) is 2. The Hall–Kier alpha value is -3.93. The van der Waals surface area contributed by atoms with E-state index in [1.807, 2.05) is 52.0 Å². The van der Waals surface area contributed by atoms with Crippen LogP contribution >= 0.6 is 0 Å². The lowest BCUT2D eigenvalue weighted by Gasteiger charge is -2.26. The van der Waals surface area contributed by atoms with Crippen molar-refractivity contribution in [1.29, 1.82) is 0 Å². The largest absolute Gasteiger partial charge is 0.480 e. The zero-order chi connectivity index (χ0) is 29.3. The van der Waals surface area contributed by atoms with Crippen molar-refractivity contribution in [2.75, 3.05) is 0 Å². The lowest BCUT2D eigenvalue weighted by Crippen LogP contribution is -2.58. The lowest BCUT2D eigenvalue weighted by atomic mass is 9.97. The maximum absolute atomic E-state index is 13.2. The standard InChI is InChI=1S/C27H40N6O6/c1-5-15(4)23(29)26(37)32-19(10-14(2)3)24(35)31-20(12-22(28)34)25(36)33-21(27(38)39)11-16-13-30-18-9-7-6-8-17(16)18/h6-9,13-15,19-21,23,30H,5,10-12,29H2,1-4H3,(H2,28,34)(H,31,35)(H,32,37)(H,33,36)(H,38,39). The molecule has 0 bridgehead atoms. The van der Waals surface area contributed by atoms with Gasteiger partial charge in [0, 0.05) is 23.5 Å². The molecule has 9 N–H and O–H groups in total. The fourth-order valence-electron chi connectivity index (χ4n) is 4.16. The molecule has 1 aromatic carbocycles. The first-order chi connectivity index (χ1) is 18.3. The fourth-order valence-corrected chi connectivity index (χ4v) is 4.16. The Bertz CT molecular complexity index is 1180. The van der Waals surface area contributed by atoms with Gasteiger partial charge >= 0.3 is 5.97 Å². The zero-order valence-electron chi connectivity index (χ0n) is 22.8. The second-order valence-electron chi connectivity index (χ2n) is 10.3. The van der Waals surface area contributed by atoms with Crippen LogP contribution in [0, 0.1) is 11.8 Å². The summed E-state index contributed by atoms with van der Waals surface area (Å²) in [5.41, 5.74) is 12.8. The molecule has 1 aromatic heterocycles. The van der Waals surface area contributed by atoms with Gasteiger partial charge in [-0.15, -0.1) is 0 Å². The number of H-pyrrole nitrogens is 1. The molecule has 214 valence electrons. The van der Waals surface area contributed by atoms with Crippen LogP contribution in [-0.4, -0.2) is 63.9 Å². The molecular weight excluding hydrogens is 504 g/mol. The number of fused-ring (bicyclic) bond motifs is 1. The van der Waals surface area contributed by atoms with E-state index in [0.717, 1.165) is 10.9 Å². The average Bonchev–Trinajstić information content (AvgIpc) is 3.28. The number of amides is 4. The molecule has 0 spiro atoms. The normalized spacial score (nSPS) is 15.1.